The van der Waals surface area contributed by atoms with Crippen LogP contribution in [0.1, 0.15) is 24.0 Å². The Kier molecular flexibility index (Phi) is 4.92. The van der Waals surface area contributed by atoms with Gasteiger partial charge in [-0.15, -0.1) is 0 Å². The van der Waals surface area contributed by atoms with Gasteiger partial charge in [0.05, 0.1) is 5.75 Å². The number of hydrogen-bond acceptors (Lipinski definition) is 4. The van der Waals surface area contributed by atoms with Gasteiger partial charge < -0.3 is 11.1 Å². The summed E-state index contributed by atoms with van der Waals surface area (Å²) < 4.78 is 26.6. The zero-order valence-corrected chi connectivity index (χ0v) is 13.0. The van der Waals surface area contributed by atoms with Crippen LogP contribution in [0, 0.1) is 0 Å². The molecule has 0 spiro atoms. The lowest BCUT2D eigenvalue weighted by Gasteiger charge is -2.22. The normalized spacial score (nSPS) is 19.0. The van der Waals surface area contributed by atoms with E-state index in [1.54, 1.807) is 24.3 Å². The minimum absolute atomic E-state index is 0.186. The summed E-state index contributed by atoms with van der Waals surface area (Å²) in [6.07, 6.45) is 1.28. The van der Waals surface area contributed by atoms with Crippen LogP contribution in [0.3, 0.4) is 0 Å². The standard InChI is InChI=1S/C13H17N3O3S2/c14-12(20)10-5-3-9(4-6-10)8-21(18,19)16-11-2-1-7-15-13(11)17/h3-6,11,16H,1-2,7-8H2,(H2,14,20)(H,15,17). The second kappa shape index (κ2) is 6.50. The van der Waals surface area contributed by atoms with Gasteiger partial charge in [0, 0.05) is 12.1 Å². The summed E-state index contributed by atoms with van der Waals surface area (Å²) in [5, 5.41) is 2.64. The predicted octanol–water partition coefficient (Wildman–Crippen LogP) is 0.0188. The van der Waals surface area contributed by atoms with Gasteiger partial charge in [-0.05, 0) is 18.4 Å². The summed E-state index contributed by atoms with van der Waals surface area (Å²) >= 11 is 4.84. The number of carbonyl (C=O) groups excluding carboxylic acids is 1. The highest BCUT2D eigenvalue weighted by Gasteiger charge is 2.26. The number of hydrogen-bond donors (Lipinski definition) is 3. The van der Waals surface area contributed by atoms with E-state index in [1.807, 2.05) is 0 Å². The van der Waals surface area contributed by atoms with Gasteiger partial charge in [-0.3, -0.25) is 4.79 Å². The fraction of sp³-hybridized carbons (Fsp3) is 0.385. The summed E-state index contributed by atoms with van der Waals surface area (Å²) in [5.74, 6) is -0.456. The summed E-state index contributed by atoms with van der Waals surface area (Å²) in [6.45, 7) is 0.595. The second-order valence-electron chi connectivity index (χ2n) is 4.92. The van der Waals surface area contributed by atoms with Crippen molar-refractivity contribution in [2.24, 2.45) is 5.73 Å². The van der Waals surface area contributed by atoms with Crippen LogP contribution >= 0.6 is 12.2 Å². The first-order chi connectivity index (χ1) is 9.87. The number of nitrogens with two attached hydrogens (primary N) is 1. The van der Waals surface area contributed by atoms with Crippen LogP contribution in [-0.4, -0.2) is 31.9 Å². The van der Waals surface area contributed by atoms with Crippen LogP contribution in [0.2, 0.25) is 0 Å². The molecular formula is C13H17N3O3S2. The van der Waals surface area contributed by atoms with Crippen LogP contribution in [0.5, 0.6) is 0 Å². The van der Waals surface area contributed by atoms with Gasteiger partial charge in [0.2, 0.25) is 15.9 Å². The van der Waals surface area contributed by atoms with Gasteiger partial charge in [0.1, 0.15) is 11.0 Å². The lowest BCUT2D eigenvalue weighted by molar-refractivity contribution is -0.124. The van der Waals surface area contributed by atoms with E-state index in [-0.39, 0.29) is 16.6 Å². The van der Waals surface area contributed by atoms with Crippen molar-refractivity contribution in [2.45, 2.75) is 24.6 Å². The van der Waals surface area contributed by atoms with Gasteiger partial charge in [-0.25, -0.2) is 13.1 Å². The van der Waals surface area contributed by atoms with E-state index in [0.717, 1.165) is 6.42 Å². The molecule has 1 amide bonds. The molecule has 21 heavy (non-hydrogen) atoms. The number of sulfonamides is 1. The van der Waals surface area contributed by atoms with Crippen LogP contribution in [0.15, 0.2) is 24.3 Å². The summed E-state index contributed by atoms with van der Waals surface area (Å²) in [4.78, 5) is 11.8. The Bertz CT molecular complexity index is 641. The smallest absolute Gasteiger partial charge is 0.238 e. The van der Waals surface area contributed by atoms with E-state index in [2.05, 4.69) is 10.0 Å². The molecule has 1 saturated heterocycles. The highest BCUT2D eigenvalue weighted by Crippen LogP contribution is 2.10. The molecule has 8 heteroatoms. The predicted molar refractivity (Wildman–Crippen MR) is 84.1 cm³/mol. The molecule has 0 bridgehead atoms. The maximum atomic E-state index is 12.1. The number of piperidine rings is 1. The Morgan fingerprint density at radius 2 is 2.05 bits per heavy atom. The Labute approximate surface area is 129 Å². The number of nitrogens with one attached hydrogen (secondary N) is 2. The largest absolute Gasteiger partial charge is 0.389 e. The molecule has 1 aromatic rings. The van der Waals surface area contributed by atoms with Gasteiger partial charge in [-0.1, -0.05) is 36.5 Å². The van der Waals surface area contributed by atoms with E-state index in [4.69, 9.17) is 18.0 Å². The van der Waals surface area contributed by atoms with Gasteiger partial charge in [0.15, 0.2) is 0 Å². The number of carbonyl (C=O) groups is 1. The molecular weight excluding hydrogens is 310 g/mol. The highest BCUT2D eigenvalue weighted by molar-refractivity contribution is 7.88. The minimum atomic E-state index is -3.58. The molecule has 1 atom stereocenters. The van der Waals surface area contributed by atoms with Crippen molar-refractivity contribution in [1.29, 1.82) is 0 Å². The molecule has 2 rings (SSSR count). The maximum Gasteiger partial charge on any atom is 0.238 e. The second-order valence-corrected chi connectivity index (χ2v) is 7.12. The van der Waals surface area contributed by atoms with Crippen molar-refractivity contribution in [2.75, 3.05) is 6.54 Å². The van der Waals surface area contributed by atoms with Gasteiger partial charge in [0.25, 0.3) is 0 Å². The summed E-state index contributed by atoms with van der Waals surface area (Å²) in [5.41, 5.74) is 6.78. The van der Waals surface area contributed by atoms with E-state index >= 15 is 0 Å². The molecule has 0 aromatic heterocycles. The topological polar surface area (TPSA) is 101 Å². The molecule has 0 radical (unpaired) electrons. The molecule has 1 fully saturated rings. The lowest BCUT2D eigenvalue weighted by atomic mass is 10.1. The van der Waals surface area contributed by atoms with E-state index in [1.165, 1.54) is 0 Å². The number of benzene rings is 1. The zero-order chi connectivity index (χ0) is 15.5. The molecule has 0 aliphatic carbocycles. The first-order valence-corrected chi connectivity index (χ1v) is 8.60. The molecule has 0 saturated carbocycles. The molecule has 1 aromatic carbocycles. The van der Waals surface area contributed by atoms with Gasteiger partial charge in [-0.2, -0.15) is 0 Å². The van der Waals surface area contributed by atoms with Crippen LogP contribution < -0.4 is 15.8 Å². The maximum absolute atomic E-state index is 12.1. The molecule has 1 heterocycles. The fourth-order valence-corrected chi connectivity index (χ4v) is 3.64. The third kappa shape index (κ3) is 4.48. The van der Waals surface area contributed by atoms with Crippen molar-refractivity contribution in [3.63, 3.8) is 0 Å². The average molecular weight is 327 g/mol. The van der Waals surface area contributed by atoms with E-state index < -0.39 is 16.1 Å². The zero-order valence-electron chi connectivity index (χ0n) is 11.3. The first-order valence-electron chi connectivity index (χ1n) is 6.54. The van der Waals surface area contributed by atoms with Crippen molar-refractivity contribution < 1.29 is 13.2 Å². The fourth-order valence-electron chi connectivity index (χ4n) is 2.13. The Morgan fingerprint density at radius 1 is 1.38 bits per heavy atom. The van der Waals surface area contributed by atoms with Crippen molar-refractivity contribution in [1.82, 2.24) is 10.0 Å². The van der Waals surface area contributed by atoms with Crippen molar-refractivity contribution >= 4 is 33.1 Å². The minimum Gasteiger partial charge on any atom is -0.389 e. The highest BCUT2D eigenvalue weighted by atomic mass is 32.2. The molecule has 1 aliphatic heterocycles. The third-order valence-electron chi connectivity index (χ3n) is 3.20. The van der Waals surface area contributed by atoms with Gasteiger partial charge >= 0.3 is 0 Å². The quantitative estimate of drug-likeness (QED) is 0.662. The van der Waals surface area contributed by atoms with Crippen LogP contribution in [0.25, 0.3) is 0 Å². The van der Waals surface area contributed by atoms with Crippen LogP contribution in [-0.2, 0) is 20.6 Å². The lowest BCUT2D eigenvalue weighted by Crippen LogP contribution is -2.50. The summed E-state index contributed by atoms with van der Waals surface area (Å²) in [7, 11) is -3.58. The monoisotopic (exact) mass is 327 g/mol. The summed E-state index contributed by atoms with van der Waals surface area (Å²) in [6, 6.07) is 6.00. The first kappa shape index (κ1) is 15.9. The van der Waals surface area contributed by atoms with Crippen molar-refractivity contribution in [3.8, 4) is 0 Å². The Hall–Kier alpha value is -1.51. The van der Waals surface area contributed by atoms with E-state index in [0.29, 0.717) is 24.1 Å². The average Bonchev–Trinajstić information content (AvgIpc) is 2.41. The Balaban J connectivity index is 2.03. The molecule has 114 valence electrons. The molecule has 4 N–H and O–H groups in total. The molecule has 6 nitrogen and oxygen atoms in total. The third-order valence-corrected chi connectivity index (χ3v) is 4.79. The SMILES string of the molecule is NC(=S)c1ccc(CS(=O)(=O)NC2CCCNC2=O)cc1. The number of amides is 1. The number of rotatable bonds is 5. The number of thiocarbonyl (C=S) groups is 1. The van der Waals surface area contributed by atoms with Crippen molar-refractivity contribution in [3.05, 3.63) is 35.4 Å². The van der Waals surface area contributed by atoms with Crippen LogP contribution in [0.4, 0.5) is 0 Å². The molecule has 1 unspecified atom stereocenters. The molecule has 1 aliphatic rings. The van der Waals surface area contributed by atoms with E-state index in [9.17, 15) is 13.2 Å². The Morgan fingerprint density at radius 3 is 2.62 bits per heavy atom.